The van der Waals surface area contributed by atoms with Gasteiger partial charge in [0.1, 0.15) is 12.4 Å². The third-order valence-electron chi connectivity index (χ3n) is 3.86. The van der Waals surface area contributed by atoms with Crippen molar-refractivity contribution in [2.75, 3.05) is 19.7 Å². The van der Waals surface area contributed by atoms with Gasteiger partial charge in [0.15, 0.2) is 0 Å². The Morgan fingerprint density at radius 2 is 2.25 bits per heavy atom. The number of hydrogen-bond acceptors (Lipinski definition) is 3. The fourth-order valence-electron chi connectivity index (χ4n) is 2.45. The lowest BCUT2D eigenvalue weighted by molar-refractivity contribution is -0.131. The van der Waals surface area contributed by atoms with E-state index in [-0.39, 0.29) is 5.91 Å². The molecule has 1 unspecified atom stereocenters. The fourth-order valence-corrected chi connectivity index (χ4v) is 2.45. The molecule has 2 rings (SSSR count). The number of carbonyl (C=O) groups is 1. The van der Waals surface area contributed by atoms with Crippen LogP contribution in [0, 0.1) is 5.92 Å². The first-order chi connectivity index (χ1) is 9.69. The SMILES string of the molecule is CC1CCC(=O)N(CCOc2cccc(CN)c2)CC1. The zero-order valence-corrected chi connectivity index (χ0v) is 12.2. The average Bonchev–Trinajstić information content (AvgIpc) is 2.63. The van der Waals surface area contributed by atoms with Crippen LogP contribution in [0.15, 0.2) is 24.3 Å². The molecule has 0 bridgehead atoms. The molecule has 1 heterocycles. The molecule has 110 valence electrons. The number of amides is 1. The lowest BCUT2D eigenvalue weighted by atomic mass is 10.0. The molecule has 1 saturated heterocycles. The van der Waals surface area contributed by atoms with E-state index >= 15 is 0 Å². The fraction of sp³-hybridized carbons (Fsp3) is 0.562. The molecule has 1 fully saturated rings. The first kappa shape index (κ1) is 14.9. The van der Waals surface area contributed by atoms with E-state index < -0.39 is 0 Å². The predicted octanol–water partition coefficient (Wildman–Crippen LogP) is 2.17. The van der Waals surface area contributed by atoms with Gasteiger partial charge in [-0.15, -0.1) is 0 Å². The van der Waals surface area contributed by atoms with E-state index in [1.807, 2.05) is 29.2 Å². The number of likely N-dealkylation sites (tertiary alicyclic amines) is 1. The summed E-state index contributed by atoms with van der Waals surface area (Å²) in [5, 5.41) is 0. The largest absolute Gasteiger partial charge is 0.492 e. The number of benzene rings is 1. The van der Waals surface area contributed by atoms with Gasteiger partial charge in [-0.3, -0.25) is 4.79 Å². The minimum Gasteiger partial charge on any atom is -0.492 e. The van der Waals surface area contributed by atoms with Crippen LogP contribution in [0.25, 0.3) is 0 Å². The van der Waals surface area contributed by atoms with Gasteiger partial charge in [-0.1, -0.05) is 19.1 Å². The van der Waals surface area contributed by atoms with Gasteiger partial charge in [0.05, 0.1) is 6.54 Å². The van der Waals surface area contributed by atoms with Crippen LogP contribution in [0.4, 0.5) is 0 Å². The minimum absolute atomic E-state index is 0.258. The molecule has 20 heavy (non-hydrogen) atoms. The van der Waals surface area contributed by atoms with Gasteiger partial charge >= 0.3 is 0 Å². The third kappa shape index (κ3) is 4.23. The molecule has 1 atom stereocenters. The van der Waals surface area contributed by atoms with Gasteiger partial charge < -0.3 is 15.4 Å². The van der Waals surface area contributed by atoms with E-state index in [9.17, 15) is 4.79 Å². The van der Waals surface area contributed by atoms with Crippen LogP contribution in [-0.2, 0) is 11.3 Å². The molecule has 1 amide bonds. The number of hydrogen-bond donors (Lipinski definition) is 1. The summed E-state index contributed by atoms with van der Waals surface area (Å²) < 4.78 is 5.72. The normalized spacial score (nSPS) is 19.8. The van der Waals surface area contributed by atoms with Gasteiger partial charge in [0.25, 0.3) is 0 Å². The van der Waals surface area contributed by atoms with Crippen molar-refractivity contribution in [3.8, 4) is 5.75 Å². The van der Waals surface area contributed by atoms with Crippen molar-refractivity contribution in [2.45, 2.75) is 32.7 Å². The second-order valence-electron chi connectivity index (χ2n) is 5.51. The maximum atomic E-state index is 12.0. The van der Waals surface area contributed by atoms with Gasteiger partial charge in [-0.25, -0.2) is 0 Å². The van der Waals surface area contributed by atoms with Gasteiger partial charge in [-0.05, 0) is 36.5 Å². The first-order valence-electron chi connectivity index (χ1n) is 7.38. The molecular formula is C16H24N2O2. The van der Waals surface area contributed by atoms with E-state index in [0.717, 1.165) is 30.7 Å². The molecule has 1 aromatic rings. The van der Waals surface area contributed by atoms with Crippen LogP contribution in [0.1, 0.15) is 31.7 Å². The standard InChI is InChI=1S/C16H24N2O2/c1-13-5-6-16(19)18(8-7-13)9-10-20-15-4-2-3-14(11-15)12-17/h2-4,11,13H,5-10,12,17H2,1H3. The highest BCUT2D eigenvalue weighted by atomic mass is 16.5. The molecule has 0 aromatic heterocycles. The second kappa shape index (κ2) is 7.29. The molecule has 4 nitrogen and oxygen atoms in total. The van der Waals surface area contributed by atoms with Gasteiger partial charge in [0.2, 0.25) is 5.91 Å². The molecule has 1 aliphatic rings. The van der Waals surface area contributed by atoms with E-state index in [4.69, 9.17) is 10.5 Å². The molecule has 1 aromatic carbocycles. The highest BCUT2D eigenvalue weighted by Gasteiger charge is 2.19. The topological polar surface area (TPSA) is 55.6 Å². The van der Waals surface area contributed by atoms with Crippen LogP contribution in [0.2, 0.25) is 0 Å². The smallest absolute Gasteiger partial charge is 0.222 e. The maximum absolute atomic E-state index is 12.0. The number of carbonyl (C=O) groups excluding carboxylic acids is 1. The number of rotatable bonds is 5. The van der Waals surface area contributed by atoms with Gasteiger partial charge in [-0.2, -0.15) is 0 Å². The van der Waals surface area contributed by atoms with Crippen molar-refractivity contribution in [1.82, 2.24) is 4.90 Å². The zero-order valence-electron chi connectivity index (χ0n) is 12.2. The maximum Gasteiger partial charge on any atom is 0.222 e. The number of ether oxygens (including phenoxy) is 1. The highest BCUT2D eigenvalue weighted by Crippen LogP contribution is 2.17. The summed E-state index contributed by atoms with van der Waals surface area (Å²) in [6.45, 7) is 4.78. The second-order valence-corrected chi connectivity index (χ2v) is 5.51. The molecular weight excluding hydrogens is 252 g/mol. The van der Waals surface area contributed by atoms with Crippen molar-refractivity contribution in [2.24, 2.45) is 11.7 Å². The molecule has 0 radical (unpaired) electrons. The average molecular weight is 276 g/mol. The van der Waals surface area contributed by atoms with E-state index in [1.54, 1.807) is 0 Å². The van der Waals surface area contributed by atoms with E-state index in [1.165, 1.54) is 0 Å². The Morgan fingerprint density at radius 3 is 3.05 bits per heavy atom. The third-order valence-corrected chi connectivity index (χ3v) is 3.86. The Labute approximate surface area is 120 Å². The quantitative estimate of drug-likeness (QED) is 0.896. The van der Waals surface area contributed by atoms with Crippen molar-refractivity contribution in [3.63, 3.8) is 0 Å². The molecule has 1 aliphatic heterocycles. The van der Waals surface area contributed by atoms with Crippen molar-refractivity contribution >= 4 is 5.91 Å². The van der Waals surface area contributed by atoms with Crippen molar-refractivity contribution in [1.29, 1.82) is 0 Å². The Balaban J connectivity index is 1.81. The first-order valence-corrected chi connectivity index (χ1v) is 7.38. The van der Waals surface area contributed by atoms with Crippen LogP contribution >= 0.6 is 0 Å². The Hall–Kier alpha value is -1.55. The summed E-state index contributed by atoms with van der Waals surface area (Å²) in [4.78, 5) is 13.9. The van der Waals surface area contributed by atoms with Crippen LogP contribution < -0.4 is 10.5 Å². The molecule has 0 spiro atoms. The predicted molar refractivity (Wildman–Crippen MR) is 79.4 cm³/mol. The summed E-state index contributed by atoms with van der Waals surface area (Å²) in [5.41, 5.74) is 6.66. The number of nitrogens with two attached hydrogens (primary N) is 1. The minimum atomic E-state index is 0.258. The molecule has 2 N–H and O–H groups in total. The number of nitrogens with zero attached hydrogens (tertiary/aromatic N) is 1. The molecule has 0 saturated carbocycles. The Morgan fingerprint density at radius 1 is 1.40 bits per heavy atom. The van der Waals surface area contributed by atoms with Crippen LogP contribution in [0.5, 0.6) is 5.75 Å². The zero-order chi connectivity index (χ0) is 14.4. The summed E-state index contributed by atoms with van der Waals surface area (Å²) >= 11 is 0. The lowest BCUT2D eigenvalue weighted by Crippen LogP contribution is -2.34. The van der Waals surface area contributed by atoms with Crippen molar-refractivity contribution < 1.29 is 9.53 Å². The Kier molecular flexibility index (Phi) is 5.41. The van der Waals surface area contributed by atoms with E-state index in [0.29, 0.717) is 32.0 Å². The monoisotopic (exact) mass is 276 g/mol. The van der Waals surface area contributed by atoms with Crippen molar-refractivity contribution in [3.05, 3.63) is 29.8 Å². The van der Waals surface area contributed by atoms with Crippen LogP contribution in [-0.4, -0.2) is 30.5 Å². The molecule has 4 heteroatoms. The summed E-state index contributed by atoms with van der Waals surface area (Å²) in [7, 11) is 0. The van der Waals surface area contributed by atoms with Gasteiger partial charge in [0, 0.05) is 19.5 Å². The Bertz CT molecular complexity index is 448. The summed E-state index contributed by atoms with van der Waals surface area (Å²) in [6.07, 6.45) is 2.77. The van der Waals surface area contributed by atoms with E-state index in [2.05, 4.69) is 6.92 Å². The van der Waals surface area contributed by atoms with Crippen LogP contribution in [0.3, 0.4) is 0 Å². The lowest BCUT2D eigenvalue weighted by Gasteiger charge is -2.20. The summed E-state index contributed by atoms with van der Waals surface area (Å²) in [5.74, 6) is 1.73. The molecule has 0 aliphatic carbocycles. The highest BCUT2D eigenvalue weighted by molar-refractivity contribution is 5.76. The summed E-state index contributed by atoms with van der Waals surface area (Å²) in [6, 6.07) is 7.79.